The van der Waals surface area contributed by atoms with Crippen LogP contribution in [0.25, 0.3) is 0 Å². The van der Waals surface area contributed by atoms with Crippen molar-refractivity contribution in [3.8, 4) is 0 Å². The second-order valence-electron chi connectivity index (χ2n) is 1.96. The average Bonchev–Trinajstić information content (AvgIpc) is 1.89. The molecule has 1 nitrogen and oxygen atoms in total. The molecule has 0 aliphatic heterocycles. The zero-order valence-electron chi connectivity index (χ0n) is 6.42. The molecule has 0 heterocycles. The van der Waals surface area contributed by atoms with Gasteiger partial charge in [0, 0.05) is 5.25 Å². The Labute approximate surface area is 61.9 Å². The molecule has 0 aromatic carbocycles. The highest BCUT2D eigenvalue weighted by atomic mass is 32.2. The Balaban J connectivity index is 3.06. The van der Waals surface area contributed by atoms with E-state index in [0.29, 0.717) is 0 Å². The Morgan fingerprint density at radius 2 is 2.33 bits per heavy atom. The lowest BCUT2D eigenvalue weighted by molar-refractivity contribution is 0.905. The van der Waals surface area contributed by atoms with Gasteiger partial charge in [-0.05, 0) is 19.6 Å². The lowest BCUT2D eigenvalue weighted by Gasteiger charge is -2.03. The first-order chi connectivity index (χ1) is 4.31. The van der Waals surface area contributed by atoms with Gasteiger partial charge >= 0.3 is 0 Å². The summed E-state index contributed by atoms with van der Waals surface area (Å²) in [6.45, 7) is 6.39. The van der Waals surface area contributed by atoms with Crippen molar-refractivity contribution in [2.75, 3.05) is 5.88 Å². The van der Waals surface area contributed by atoms with Crippen molar-refractivity contribution in [2.45, 2.75) is 32.4 Å². The number of hydrogen-bond donors (Lipinski definition) is 0. The molecule has 0 radical (unpaired) electrons. The van der Waals surface area contributed by atoms with Crippen LogP contribution in [0.4, 0.5) is 0 Å². The van der Waals surface area contributed by atoms with Gasteiger partial charge in [0.15, 0.2) is 0 Å². The molecule has 0 rings (SSSR count). The van der Waals surface area contributed by atoms with Crippen LogP contribution in [0.2, 0.25) is 0 Å². The Kier molecular flexibility index (Phi) is 6.16. The lowest BCUT2D eigenvalue weighted by atomic mass is 10.4. The minimum Gasteiger partial charge on any atom is -0.287 e. The van der Waals surface area contributed by atoms with Gasteiger partial charge in [-0.3, -0.25) is 4.99 Å². The van der Waals surface area contributed by atoms with Crippen LogP contribution in [0.3, 0.4) is 0 Å². The molecule has 0 aliphatic carbocycles. The lowest BCUT2D eigenvalue weighted by Crippen LogP contribution is -1.92. The monoisotopic (exact) mass is 145 g/mol. The van der Waals surface area contributed by atoms with Crippen molar-refractivity contribution in [3.63, 3.8) is 0 Å². The Hall–Kier alpha value is 0.0200. The maximum Gasteiger partial charge on any atom is 0.0842 e. The van der Waals surface area contributed by atoms with Gasteiger partial charge in [0.25, 0.3) is 0 Å². The standard InChI is InChI=1S/C7H15NS/c1-4-7(3)9-6-8-5-2/h5,7H,4,6H2,1-3H3/t7-/m0/s1. The first kappa shape index (κ1) is 9.02. The molecule has 0 amide bonds. The van der Waals surface area contributed by atoms with E-state index in [0.717, 1.165) is 11.1 Å². The molecular weight excluding hydrogens is 130 g/mol. The van der Waals surface area contributed by atoms with E-state index in [1.165, 1.54) is 6.42 Å². The number of nitrogens with zero attached hydrogens (tertiary/aromatic N) is 1. The second kappa shape index (κ2) is 6.14. The summed E-state index contributed by atoms with van der Waals surface area (Å²) in [5, 5.41) is 0.758. The molecule has 54 valence electrons. The molecular formula is C7H15NS. The van der Waals surface area contributed by atoms with Gasteiger partial charge in [0.1, 0.15) is 0 Å². The third kappa shape index (κ3) is 5.90. The molecule has 0 aliphatic rings. The third-order valence-electron chi connectivity index (χ3n) is 1.19. The maximum atomic E-state index is 4.10. The molecule has 0 N–H and O–H groups in total. The van der Waals surface area contributed by atoms with Crippen LogP contribution in [0.1, 0.15) is 27.2 Å². The summed E-state index contributed by atoms with van der Waals surface area (Å²) in [4.78, 5) is 4.10. The highest BCUT2D eigenvalue weighted by molar-refractivity contribution is 7.99. The van der Waals surface area contributed by atoms with E-state index in [9.17, 15) is 0 Å². The van der Waals surface area contributed by atoms with Crippen LogP contribution in [-0.2, 0) is 0 Å². The van der Waals surface area contributed by atoms with Crippen molar-refractivity contribution >= 4 is 18.0 Å². The van der Waals surface area contributed by atoms with E-state index in [2.05, 4.69) is 18.8 Å². The van der Waals surface area contributed by atoms with Crippen molar-refractivity contribution in [1.82, 2.24) is 0 Å². The second-order valence-corrected chi connectivity index (χ2v) is 3.35. The zero-order chi connectivity index (χ0) is 7.11. The maximum absolute atomic E-state index is 4.10. The molecule has 0 saturated carbocycles. The van der Waals surface area contributed by atoms with E-state index >= 15 is 0 Å². The van der Waals surface area contributed by atoms with Crippen molar-refractivity contribution in [3.05, 3.63) is 0 Å². The van der Waals surface area contributed by atoms with E-state index in [1.807, 2.05) is 24.9 Å². The fraction of sp³-hybridized carbons (Fsp3) is 0.857. The Morgan fingerprint density at radius 1 is 1.67 bits per heavy atom. The Bertz CT molecular complexity index is 81.0. The number of hydrogen-bond acceptors (Lipinski definition) is 2. The van der Waals surface area contributed by atoms with Crippen LogP contribution in [0.15, 0.2) is 4.99 Å². The van der Waals surface area contributed by atoms with Gasteiger partial charge in [-0.1, -0.05) is 13.8 Å². The zero-order valence-corrected chi connectivity index (χ0v) is 7.24. The molecule has 1 atom stereocenters. The first-order valence-corrected chi connectivity index (χ1v) is 4.42. The van der Waals surface area contributed by atoms with Crippen LogP contribution >= 0.6 is 11.8 Å². The topological polar surface area (TPSA) is 12.4 Å². The number of thioether (sulfide) groups is 1. The molecule has 0 saturated heterocycles. The molecule has 0 bridgehead atoms. The molecule has 2 heteroatoms. The quantitative estimate of drug-likeness (QED) is 0.554. The fourth-order valence-corrected chi connectivity index (χ4v) is 1.09. The van der Waals surface area contributed by atoms with Crippen LogP contribution in [0, 0.1) is 0 Å². The predicted molar refractivity (Wildman–Crippen MR) is 46.4 cm³/mol. The summed E-state index contributed by atoms with van der Waals surface area (Å²) >= 11 is 1.90. The first-order valence-electron chi connectivity index (χ1n) is 3.37. The van der Waals surface area contributed by atoms with Crippen molar-refractivity contribution in [2.24, 2.45) is 4.99 Å². The largest absolute Gasteiger partial charge is 0.287 e. The molecule has 0 aromatic heterocycles. The third-order valence-corrected chi connectivity index (χ3v) is 2.39. The summed E-state index contributed by atoms with van der Waals surface area (Å²) < 4.78 is 0. The van der Waals surface area contributed by atoms with Gasteiger partial charge < -0.3 is 0 Å². The smallest absolute Gasteiger partial charge is 0.0842 e. The summed E-state index contributed by atoms with van der Waals surface area (Å²) in [7, 11) is 0. The fourth-order valence-electron chi connectivity index (χ4n) is 0.363. The van der Waals surface area contributed by atoms with Crippen molar-refractivity contribution < 1.29 is 0 Å². The Morgan fingerprint density at radius 3 is 2.78 bits per heavy atom. The van der Waals surface area contributed by atoms with Gasteiger partial charge in [-0.2, -0.15) is 0 Å². The van der Waals surface area contributed by atoms with Crippen LogP contribution < -0.4 is 0 Å². The van der Waals surface area contributed by atoms with Crippen LogP contribution in [-0.4, -0.2) is 17.3 Å². The highest BCUT2D eigenvalue weighted by Gasteiger charge is 1.94. The average molecular weight is 145 g/mol. The molecule has 9 heavy (non-hydrogen) atoms. The molecule has 0 unspecified atom stereocenters. The minimum atomic E-state index is 0.758. The highest BCUT2D eigenvalue weighted by Crippen LogP contribution is 2.12. The number of aliphatic imine (C=N–C) groups is 1. The SMILES string of the molecule is CC=NCS[C@@H](C)CC. The summed E-state index contributed by atoms with van der Waals surface area (Å²) in [6.07, 6.45) is 3.10. The van der Waals surface area contributed by atoms with Gasteiger partial charge in [0.05, 0.1) is 5.88 Å². The van der Waals surface area contributed by atoms with Gasteiger partial charge in [-0.15, -0.1) is 11.8 Å². The van der Waals surface area contributed by atoms with Crippen LogP contribution in [0.5, 0.6) is 0 Å². The van der Waals surface area contributed by atoms with E-state index in [-0.39, 0.29) is 0 Å². The molecule has 0 spiro atoms. The molecule has 0 fully saturated rings. The predicted octanol–water partition coefficient (Wildman–Crippen LogP) is 2.57. The molecule has 0 aromatic rings. The summed E-state index contributed by atoms with van der Waals surface area (Å²) in [5.41, 5.74) is 0. The van der Waals surface area contributed by atoms with E-state index < -0.39 is 0 Å². The van der Waals surface area contributed by atoms with E-state index in [1.54, 1.807) is 0 Å². The normalized spacial score (nSPS) is 14.6. The van der Waals surface area contributed by atoms with Gasteiger partial charge in [-0.25, -0.2) is 0 Å². The summed E-state index contributed by atoms with van der Waals surface area (Å²) in [6, 6.07) is 0. The number of rotatable bonds is 4. The minimum absolute atomic E-state index is 0.758. The van der Waals surface area contributed by atoms with Gasteiger partial charge in [0.2, 0.25) is 0 Å². The van der Waals surface area contributed by atoms with E-state index in [4.69, 9.17) is 0 Å². The summed E-state index contributed by atoms with van der Waals surface area (Å²) in [5.74, 6) is 0.922. The van der Waals surface area contributed by atoms with Crippen molar-refractivity contribution in [1.29, 1.82) is 0 Å².